The molecule has 0 aromatic heterocycles. The van der Waals surface area contributed by atoms with Crippen molar-refractivity contribution in [2.75, 3.05) is 11.4 Å². The third-order valence-electron chi connectivity index (χ3n) is 5.79. The van der Waals surface area contributed by atoms with Gasteiger partial charge in [-0.05, 0) is 67.4 Å². The fourth-order valence-electron chi connectivity index (χ4n) is 3.87. The summed E-state index contributed by atoms with van der Waals surface area (Å²) in [6, 6.07) is 17.3. The number of hydrogen-bond acceptors (Lipinski definition) is 4. The number of ether oxygens (including phenoxy) is 1. The number of amides is 1. The third-order valence-corrected chi connectivity index (χ3v) is 6.96. The van der Waals surface area contributed by atoms with E-state index in [1.165, 1.54) is 12.1 Å². The van der Waals surface area contributed by atoms with E-state index >= 15 is 0 Å². The lowest BCUT2D eigenvalue weighted by Gasteiger charge is -2.19. The van der Waals surface area contributed by atoms with Crippen molar-refractivity contribution in [2.45, 2.75) is 31.1 Å². The lowest BCUT2D eigenvalue weighted by atomic mass is 9.97. The minimum absolute atomic E-state index is 0.00589. The fraction of sp³-hybridized carbons (Fsp3) is 0.208. The summed E-state index contributed by atoms with van der Waals surface area (Å²) in [5, 5.41) is 5.71. The first-order valence-corrected chi connectivity index (χ1v) is 12.0. The number of halogens is 1. The highest BCUT2D eigenvalue weighted by Gasteiger charge is 2.33. The Morgan fingerprint density at radius 3 is 2.44 bits per heavy atom. The monoisotopic (exact) mass is 470 g/mol. The normalized spacial score (nSPS) is 16.4. The molecular weight excluding hydrogens is 448 g/mol. The van der Waals surface area contributed by atoms with E-state index in [1.54, 1.807) is 29.2 Å². The van der Waals surface area contributed by atoms with Crippen molar-refractivity contribution in [3.8, 4) is 11.5 Å². The molecule has 32 heavy (non-hydrogen) atoms. The highest BCUT2D eigenvalue weighted by Crippen LogP contribution is 2.40. The molecule has 3 aromatic rings. The second kappa shape index (κ2) is 8.58. The predicted octanol–water partition coefficient (Wildman–Crippen LogP) is 4.92. The first kappa shape index (κ1) is 22.3. The highest BCUT2D eigenvalue weighted by molar-refractivity contribution is 7.89. The van der Waals surface area contributed by atoms with Gasteiger partial charge in [-0.2, -0.15) is 0 Å². The molecule has 8 heteroatoms. The molecule has 0 saturated carbocycles. The minimum atomic E-state index is -3.79. The molecule has 0 unspecified atom stereocenters. The number of primary sulfonamides is 1. The maximum atomic E-state index is 12.8. The molecule has 1 amide bonds. The number of nitrogens with two attached hydrogens (primary N) is 1. The predicted molar refractivity (Wildman–Crippen MR) is 125 cm³/mol. The molecule has 0 spiro atoms. The van der Waals surface area contributed by atoms with Gasteiger partial charge in [-0.1, -0.05) is 29.8 Å². The molecule has 0 bridgehead atoms. The lowest BCUT2D eigenvalue weighted by molar-refractivity contribution is -0.117. The number of sulfonamides is 1. The van der Waals surface area contributed by atoms with Crippen LogP contribution in [-0.4, -0.2) is 20.9 Å². The van der Waals surface area contributed by atoms with E-state index in [1.807, 2.05) is 38.1 Å². The Balaban J connectivity index is 1.62. The number of carbonyl (C=O) groups excluding carboxylic acids is 1. The molecule has 0 aliphatic carbocycles. The van der Waals surface area contributed by atoms with Gasteiger partial charge in [0.15, 0.2) is 0 Å². The van der Waals surface area contributed by atoms with Gasteiger partial charge in [0, 0.05) is 35.2 Å². The molecule has 4 rings (SSSR count). The minimum Gasteiger partial charge on any atom is -0.457 e. The van der Waals surface area contributed by atoms with E-state index in [0.29, 0.717) is 29.4 Å². The molecule has 2 N–H and O–H groups in total. The molecular formula is C24H23ClN2O4S. The number of carbonyl (C=O) groups is 1. The van der Waals surface area contributed by atoms with Crippen molar-refractivity contribution in [1.82, 2.24) is 0 Å². The molecule has 1 aliphatic rings. The zero-order valence-corrected chi connectivity index (χ0v) is 19.3. The number of anilines is 1. The van der Waals surface area contributed by atoms with Crippen LogP contribution in [0.5, 0.6) is 11.5 Å². The molecule has 1 aliphatic heterocycles. The van der Waals surface area contributed by atoms with Crippen molar-refractivity contribution < 1.29 is 17.9 Å². The van der Waals surface area contributed by atoms with E-state index in [-0.39, 0.29) is 16.7 Å². The van der Waals surface area contributed by atoms with E-state index in [9.17, 15) is 13.2 Å². The smallest absolute Gasteiger partial charge is 0.238 e. The first-order chi connectivity index (χ1) is 15.1. The summed E-state index contributed by atoms with van der Waals surface area (Å²) in [6.45, 7) is 4.47. The molecule has 166 valence electrons. The SMILES string of the molecule is Cc1cccc(Oc2cc(Cl)ccc2[C@H]2CC(=O)N(c3ccc(S(N)(=O)=O)cc3)C2)c1C. The summed E-state index contributed by atoms with van der Waals surface area (Å²) >= 11 is 6.25. The summed E-state index contributed by atoms with van der Waals surface area (Å²) in [4.78, 5) is 14.4. The van der Waals surface area contributed by atoms with E-state index < -0.39 is 10.0 Å². The molecule has 1 saturated heterocycles. The first-order valence-electron chi connectivity index (χ1n) is 10.1. The van der Waals surface area contributed by atoms with Gasteiger partial charge in [0.2, 0.25) is 15.9 Å². The Kier molecular flexibility index (Phi) is 5.99. The van der Waals surface area contributed by atoms with Crippen LogP contribution in [0, 0.1) is 13.8 Å². The Morgan fingerprint density at radius 1 is 1.03 bits per heavy atom. The largest absolute Gasteiger partial charge is 0.457 e. The van der Waals surface area contributed by atoms with Crippen molar-refractivity contribution in [3.05, 3.63) is 82.4 Å². The molecule has 1 heterocycles. The van der Waals surface area contributed by atoms with Crippen LogP contribution in [0.15, 0.2) is 65.6 Å². The van der Waals surface area contributed by atoms with Crippen LogP contribution in [-0.2, 0) is 14.8 Å². The van der Waals surface area contributed by atoms with Crippen LogP contribution < -0.4 is 14.8 Å². The van der Waals surface area contributed by atoms with Gasteiger partial charge < -0.3 is 9.64 Å². The second-order valence-corrected chi connectivity index (χ2v) is 9.92. The number of nitrogens with zero attached hydrogens (tertiary/aromatic N) is 1. The molecule has 3 aromatic carbocycles. The Bertz CT molecular complexity index is 1290. The van der Waals surface area contributed by atoms with Crippen LogP contribution in [0.2, 0.25) is 5.02 Å². The standard InChI is InChI=1S/C24H23ClN2O4S/c1-15-4-3-5-22(16(15)2)31-23-13-18(25)6-11-21(23)17-12-24(28)27(14-17)19-7-9-20(10-8-19)32(26,29)30/h3-11,13,17H,12,14H2,1-2H3,(H2,26,29,30)/t17-/m0/s1. The highest BCUT2D eigenvalue weighted by atomic mass is 35.5. The zero-order valence-electron chi connectivity index (χ0n) is 17.7. The van der Waals surface area contributed by atoms with Gasteiger partial charge >= 0.3 is 0 Å². The maximum Gasteiger partial charge on any atom is 0.238 e. The van der Waals surface area contributed by atoms with Crippen molar-refractivity contribution in [2.24, 2.45) is 5.14 Å². The van der Waals surface area contributed by atoms with Gasteiger partial charge in [0.1, 0.15) is 11.5 Å². The van der Waals surface area contributed by atoms with Crippen LogP contribution in [0.3, 0.4) is 0 Å². The van der Waals surface area contributed by atoms with Gasteiger partial charge in [-0.15, -0.1) is 0 Å². The fourth-order valence-corrected chi connectivity index (χ4v) is 4.55. The molecule has 6 nitrogen and oxygen atoms in total. The van der Waals surface area contributed by atoms with Crippen molar-refractivity contribution in [3.63, 3.8) is 0 Å². The second-order valence-electron chi connectivity index (χ2n) is 7.93. The lowest BCUT2D eigenvalue weighted by Crippen LogP contribution is -2.24. The summed E-state index contributed by atoms with van der Waals surface area (Å²) in [7, 11) is -3.79. The van der Waals surface area contributed by atoms with E-state index in [4.69, 9.17) is 21.5 Å². The summed E-state index contributed by atoms with van der Waals surface area (Å²) < 4.78 is 29.2. The number of hydrogen-bond donors (Lipinski definition) is 1. The van der Waals surface area contributed by atoms with Crippen LogP contribution in [0.1, 0.15) is 29.0 Å². The number of rotatable bonds is 5. The third kappa shape index (κ3) is 4.50. The number of aryl methyl sites for hydroxylation is 1. The van der Waals surface area contributed by atoms with Crippen LogP contribution >= 0.6 is 11.6 Å². The maximum absolute atomic E-state index is 12.8. The molecule has 1 fully saturated rings. The van der Waals surface area contributed by atoms with E-state index in [0.717, 1.165) is 22.4 Å². The van der Waals surface area contributed by atoms with Gasteiger partial charge in [-0.25, -0.2) is 13.6 Å². The van der Waals surface area contributed by atoms with Crippen molar-refractivity contribution >= 4 is 33.2 Å². The topological polar surface area (TPSA) is 89.7 Å². The van der Waals surface area contributed by atoms with Gasteiger partial charge in [0.05, 0.1) is 4.90 Å². The Morgan fingerprint density at radius 2 is 1.75 bits per heavy atom. The van der Waals surface area contributed by atoms with Crippen molar-refractivity contribution in [1.29, 1.82) is 0 Å². The van der Waals surface area contributed by atoms with Crippen LogP contribution in [0.4, 0.5) is 5.69 Å². The number of benzene rings is 3. The summed E-state index contributed by atoms with van der Waals surface area (Å²) in [6.07, 6.45) is 0.307. The van der Waals surface area contributed by atoms with Crippen LogP contribution in [0.25, 0.3) is 0 Å². The quantitative estimate of drug-likeness (QED) is 0.573. The summed E-state index contributed by atoms with van der Waals surface area (Å²) in [5.41, 5.74) is 3.68. The molecule has 0 radical (unpaired) electrons. The average molecular weight is 471 g/mol. The van der Waals surface area contributed by atoms with Gasteiger partial charge in [-0.3, -0.25) is 4.79 Å². The van der Waals surface area contributed by atoms with E-state index in [2.05, 4.69) is 0 Å². The molecule has 1 atom stereocenters. The Hall–Kier alpha value is -2.87. The summed E-state index contributed by atoms with van der Waals surface area (Å²) in [5.74, 6) is 1.22. The average Bonchev–Trinajstić information content (AvgIpc) is 3.12. The Labute approximate surface area is 192 Å². The zero-order chi connectivity index (χ0) is 23.0. The van der Waals surface area contributed by atoms with Gasteiger partial charge in [0.25, 0.3) is 0 Å².